The molecule has 25 heavy (non-hydrogen) atoms. The molecule has 2 amide bonds. The van der Waals surface area contributed by atoms with Crippen molar-refractivity contribution in [1.82, 2.24) is 29.9 Å². The van der Waals surface area contributed by atoms with Crippen molar-refractivity contribution in [2.75, 3.05) is 26.2 Å². The molecule has 0 aliphatic carbocycles. The highest BCUT2D eigenvalue weighted by Crippen LogP contribution is 2.19. The van der Waals surface area contributed by atoms with Crippen molar-refractivity contribution >= 4 is 11.8 Å². The van der Waals surface area contributed by atoms with Crippen molar-refractivity contribution < 1.29 is 9.59 Å². The molecule has 0 unspecified atom stereocenters. The minimum absolute atomic E-state index is 0.0248. The quantitative estimate of drug-likeness (QED) is 0.825. The number of likely N-dealkylation sites (tertiary alicyclic amines) is 2. The van der Waals surface area contributed by atoms with Gasteiger partial charge in [-0.25, -0.2) is 4.98 Å². The van der Waals surface area contributed by atoms with Gasteiger partial charge in [0.25, 0.3) is 0 Å². The summed E-state index contributed by atoms with van der Waals surface area (Å²) in [6.07, 6.45) is 8.59. The standard InChI is InChI=1S/C17H28N6O2/c1-14(24)20-15-5-4-8-22(9-15)17(25)11-21-7-3-2-6-16(21)10-23-13-18-12-19-23/h12-13,15-16H,2-11H2,1H3,(H,20,24)/t15-,16+/m1/s1. The summed E-state index contributed by atoms with van der Waals surface area (Å²) in [5.74, 6) is 0.142. The van der Waals surface area contributed by atoms with E-state index in [0.29, 0.717) is 19.1 Å². The van der Waals surface area contributed by atoms with Gasteiger partial charge < -0.3 is 10.2 Å². The van der Waals surface area contributed by atoms with Crippen LogP contribution >= 0.6 is 0 Å². The fourth-order valence-corrected chi connectivity index (χ4v) is 3.90. The molecule has 8 nitrogen and oxygen atoms in total. The summed E-state index contributed by atoms with van der Waals surface area (Å²) < 4.78 is 1.85. The van der Waals surface area contributed by atoms with Gasteiger partial charge in [0.05, 0.1) is 13.1 Å². The lowest BCUT2D eigenvalue weighted by Gasteiger charge is -2.38. The maximum absolute atomic E-state index is 12.8. The predicted molar refractivity (Wildman–Crippen MR) is 92.7 cm³/mol. The van der Waals surface area contributed by atoms with Gasteiger partial charge in [-0.15, -0.1) is 0 Å². The van der Waals surface area contributed by atoms with Crippen LogP contribution in [0.25, 0.3) is 0 Å². The fourth-order valence-electron chi connectivity index (χ4n) is 3.90. The maximum atomic E-state index is 12.8. The third kappa shape index (κ3) is 5.01. The number of aromatic nitrogens is 3. The highest BCUT2D eigenvalue weighted by Gasteiger charge is 2.29. The Morgan fingerprint density at radius 2 is 2.08 bits per heavy atom. The summed E-state index contributed by atoms with van der Waals surface area (Å²) in [7, 11) is 0. The number of hydrogen-bond acceptors (Lipinski definition) is 5. The van der Waals surface area contributed by atoms with Crippen molar-refractivity contribution in [3.63, 3.8) is 0 Å². The molecule has 3 rings (SSSR count). The fraction of sp³-hybridized carbons (Fsp3) is 0.765. The Kier molecular flexibility index (Phi) is 6.01. The molecule has 0 spiro atoms. The second kappa shape index (κ2) is 8.42. The first-order chi connectivity index (χ1) is 12.1. The van der Waals surface area contributed by atoms with Crippen LogP contribution in [0.1, 0.15) is 39.0 Å². The molecule has 2 saturated heterocycles. The van der Waals surface area contributed by atoms with E-state index < -0.39 is 0 Å². The van der Waals surface area contributed by atoms with Gasteiger partial charge in [0.2, 0.25) is 11.8 Å². The van der Waals surface area contributed by atoms with E-state index >= 15 is 0 Å². The van der Waals surface area contributed by atoms with E-state index in [1.54, 1.807) is 12.7 Å². The molecular weight excluding hydrogens is 320 g/mol. The Balaban J connectivity index is 1.55. The molecule has 8 heteroatoms. The van der Waals surface area contributed by atoms with Crippen LogP contribution in [0.15, 0.2) is 12.7 Å². The summed E-state index contributed by atoms with van der Waals surface area (Å²) >= 11 is 0. The number of nitrogens with one attached hydrogen (secondary N) is 1. The Morgan fingerprint density at radius 3 is 2.84 bits per heavy atom. The average molecular weight is 348 g/mol. The van der Waals surface area contributed by atoms with Gasteiger partial charge in [0, 0.05) is 32.1 Å². The van der Waals surface area contributed by atoms with Crippen LogP contribution in [0.2, 0.25) is 0 Å². The third-order valence-electron chi connectivity index (χ3n) is 5.13. The highest BCUT2D eigenvalue weighted by atomic mass is 16.2. The zero-order valence-corrected chi connectivity index (χ0v) is 14.9. The van der Waals surface area contributed by atoms with E-state index in [1.807, 2.05) is 9.58 Å². The van der Waals surface area contributed by atoms with E-state index in [9.17, 15) is 9.59 Å². The number of carbonyl (C=O) groups excluding carboxylic acids is 2. The van der Waals surface area contributed by atoms with E-state index in [0.717, 1.165) is 45.3 Å². The Bertz CT molecular complexity index is 576. The largest absolute Gasteiger partial charge is 0.352 e. The third-order valence-corrected chi connectivity index (χ3v) is 5.13. The second-order valence-corrected chi connectivity index (χ2v) is 7.12. The number of hydrogen-bond donors (Lipinski definition) is 1. The van der Waals surface area contributed by atoms with Crippen LogP contribution in [0.3, 0.4) is 0 Å². The van der Waals surface area contributed by atoms with Crippen molar-refractivity contribution in [1.29, 1.82) is 0 Å². The van der Waals surface area contributed by atoms with Crippen LogP contribution in [0.5, 0.6) is 0 Å². The Hall–Kier alpha value is -1.96. The smallest absolute Gasteiger partial charge is 0.236 e. The van der Waals surface area contributed by atoms with E-state index in [1.165, 1.54) is 13.3 Å². The molecule has 1 aromatic heterocycles. The number of rotatable bonds is 5. The van der Waals surface area contributed by atoms with Crippen molar-refractivity contribution in [2.45, 2.75) is 57.7 Å². The van der Waals surface area contributed by atoms with Gasteiger partial charge in [0.1, 0.15) is 12.7 Å². The molecule has 0 radical (unpaired) electrons. The number of carbonyl (C=O) groups is 2. The molecule has 138 valence electrons. The van der Waals surface area contributed by atoms with Crippen LogP contribution in [-0.4, -0.2) is 74.6 Å². The Labute approximate surface area is 148 Å². The molecule has 2 fully saturated rings. The normalized spacial score (nSPS) is 24.9. The lowest BCUT2D eigenvalue weighted by atomic mass is 10.0. The van der Waals surface area contributed by atoms with Gasteiger partial charge in [-0.2, -0.15) is 5.10 Å². The molecule has 0 aromatic carbocycles. The molecule has 3 heterocycles. The molecule has 2 aliphatic rings. The zero-order valence-electron chi connectivity index (χ0n) is 14.9. The van der Waals surface area contributed by atoms with Crippen LogP contribution < -0.4 is 5.32 Å². The highest BCUT2D eigenvalue weighted by molar-refractivity contribution is 5.78. The lowest BCUT2D eigenvalue weighted by molar-refractivity contribution is -0.135. The van der Waals surface area contributed by atoms with Crippen LogP contribution in [0.4, 0.5) is 0 Å². The van der Waals surface area contributed by atoms with Crippen molar-refractivity contribution in [2.24, 2.45) is 0 Å². The average Bonchev–Trinajstić information content (AvgIpc) is 3.09. The van der Waals surface area contributed by atoms with E-state index in [2.05, 4.69) is 20.3 Å². The van der Waals surface area contributed by atoms with E-state index in [4.69, 9.17) is 0 Å². The first-order valence-corrected chi connectivity index (χ1v) is 9.23. The minimum atomic E-state index is -0.0248. The summed E-state index contributed by atoms with van der Waals surface area (Å²) in [6, 6.07) is 0.415. The molecule has 2 atom stereocenters. The number of amides is 2. The SMILES string of the molecule is CC(=O)N[C@@H]1CCCN(C(=O)CN2CCCC[C@H]2Cn2cncn2)C1. The maximum Gasteiger partial charge on any atom is 0.236 e. The Morgan fingerprint density at radius 1 is 1.20 bits per heavy atom. The van der Waals surface area contributed by atoms with Crippen molar-refractivity contribution in [3.05, 3.63) is 12.7 Å². The van der Waals surface area contributed by atoms with Crippen molar-refractivity contribution in [3.8, 4) is 0 Å². The number of nitrogens with zero attached hydrogens (tertiary/aromatic N) is 5. The van der Waals surface area contributed by atoms with Gasteiger partial charge in [-0.1, -0.05) is 6.42 Å². The summed E-state index contributed by atoms with van der Waals surface area (Å²) in [6.45, 7) is 5.13. The molecule has 0 saturated carbocycles. The van der Waals surface area contributed by atoms with Crippen LogP contribution in [0, 0.1) is 0 Å². The summed E-state index contributed by atoms with van der Waals surface area (Å²) in [5, 5.41) is 7.14. The van der Waals surface area contributed by atoms with Gasteiger partial charge in [-0.05, 0) is 32.2 Å². The molecule has 1 N–H and O–H groups in total. The predicted octanol–water partition coefficient (Wildman–Crippen LogP) is 0.260. The summed E-state index contributed by atoms with van der Waals surface area (Å²) in [4.78, 5) is 32.2. The zero-order chi connectivity index (χ0) is 17.6. The monoisotopic (exact) mass is 348 g/mol. The van der Waals surface area contributed by atoms with Crippen LogP contribution in [-0.2, 0) is 16.1 Å². The first kappa shape index (κ1) is 17.8. The molecule has 1 aromatic rings. The lowest BCUT2D eigenvalue weighted by Crippen LogP contribution is -2.53. The van der Waals surface area contributed by atoms with E-state index in [-0.39, 0.29) is 17.9 Å². The summed E-state index contributed by atoms with van der Waals surface area (Å²) in [5.41, 5.74) is 0. The first-order valence-electron chi connectivity index (χ1n) is 9.23. The van der Waals surface area contributed by atoms with Gasteiger partial charge in [0.15, 0.2) is 0 Å². The molecule has 0 bridgehead atoms. The van der Waals surface area contributed by atoms with Gasteiger partial charge >= 0.3 is 0 Å². The second-order valence-electron chi connectivity index (χ2n) is 7.12. The van der Waals surface area contributed by atoms with Gasteiger partial charge in [-0.3, -0.25) is 19.2 Å². The minimum Gasteiger partial charge on any atom is -0.352 e. The topological polar surface area (TPSA) is 83.4 Å². The molecular formula is C17H28N6O2. The number of piperidine rings is 2. The molecule has 2 aliphatic heterocycles.